The Morgan fingerprint density at radius 2 is 0.953 bits per heavy atom. The van der Waals surface area contributed by atoms with Gasteiger partial charge in [-0.05, 0) is 231 Å². The SMILES string of the molecule is BrCc1cccc(Br)c1.CC1(C)OB(B2OC(C)(C)C(C)(C)O2)OC1(C)C.CCCC(=O)OCC.CCOC(=O)C(CC)Cc1cccc(B2OC(C)(C)C(C)(C)O2)c1.CCOC(=O)C(CC)Cc1cccc(Br)c1.CCOc1cc(-c2cccc(CC(CC)C(=O)O)c2)ccc1-c1nc2n[nH]nc2c(=O)[nH]1. The number of nitrogens with zero attached hydrogens (tertiary/aromatic N) is 3. The second-order valence-electron chi connectivity index (χ2n) is 29.1. The van der Waals surface area contributed by atoms with E-state index >= 15 is 0 Å². The van der Waals surface area contributed by atoms with Crippen molar-refractivity contribution in [3.8, 4) is 28.3 Å². The number of carboxylic acid groups (broad SMARTS) is 1. The standard InChI is InChI=1S/C23H23N5O4.C19H29BO4.C13H17BrO2.C12H24B2O4.C7H6Br2.C6H12O2/c1-3-14(23(30)31)10-13-6-5-7-15(11-13)16-8-9-17(18(12-16)32-4-2)20-24-21-19(22(29)25-20)26-28-27-21;1-7-15(17(21)22-8-2)12-14-10-9-11-16(13-14)20-23-18(3,4)19(5,6)24-20;1-3-11(13(15)16-4-2)8-10-6-5-7-12(14)9-10;1-9(2)10(3,4)16-13(15-9)14-17-11(5,6)12(7,8)18-14;8-5-6-2-1-3-7(9)4-6;1-3-5-6(7)8-4-2/h5-9,11-12,14H,3-4,10H2,1-2H3,(H,30,31)(H2,24,25,26,27,28,29);9-11,13,15H,7-8,12H2,1-6H3;5-7,9,11H,3-4,8H2,1-2H3;1-8H3;1-4H,5H2;3-5H2,1-2H3. The summed E-state index contributed by atoms with van der Waals surface area (Å²) in [6.07, 6.45) is 5.46. The summed E-state index contributed by atoms with van der Waals surface area (Å²) in [6.45, 7) is 41.4. The van der Waals surface area contributed by atoms with Gasteiger partial charge >= 0.3 is 45.0 Å². The number of aromatic nitrogens is 5. The maximum atomic E-state index is 12.3. The molecule has 107 heavy (non-hydrogen) atoms. The van der Waals surface area contributed by atoms with Crippen molar-refractivity contribution in [2.75, 3.05) is 26.4 Å². The van der Waals surface area contributed by atoms with Crippen LogP contribution in [0.5, 0.6) is 5.75 Å². The van der Waals surface area contributed by atoms with Crippen LogP contribution in [-0.2, 0) is 85.9 Å². The van der Waals surface area contributed by atoms with E-state index in [1.807, 2.05) is 236 Å². The van der Waals surface area contributed by atoms with Crippen molar-refractivity contribution in [2.24, 2.45) is 17.8 Å². The monoisotopic (exact) mass is 1670 g/mol. The first kappa shape index (κ1) is 91.1. The lowest BCUT2D eigenvalue weighted by Crippen LogP contribution is -2.41. The van der Waals surface area contributed by atoms with E-state index in [1.54, 1.807) is 0 Å². The van der Waals surface area contributed by atoms with Gasteiger partial charge in [-0.2, -0.15) is 5.21 Å². The quantitative estimate of drug-likeness (QED) is 0.0220. The Labute approximate surface area is 659 Å². The molecule has 10 rings (SSSR count). The Kier molecular flexibility index (Phi) is 35.8. The molecule has 0 aliphatic carbocycles. The van der Waals surface area contributed by atoms with Gasteiger partial charge in [0.05, 0.1) is 83.4 Å². The van der Waals surface area contributed by atoms with Crippen LogP contribution < -0.4 is 15.8 Å². The van der Waals surface area contributed by atoms with Crippen LogP contribution in [0.1, 0.15) is 193 Å². The molecule has 3 unspecified atom stereocenters. The van der Waals surface area contributed by atoms with Crippen molar-refractivity contribution < 1.29 is 71.2 Å². The predicted molar refractivity (Wildman–Crippen MR) is 434 cm³/mol. The molecule has 0 spiro atoms. The highest BCUT2D eigenvalue weighted by Gasteiger charge is 2.64. The number of rotatable bonds is 24. The first-order chi connectivity index (χ1) is 50.4. The topological polar surface area (TPSA) is 268 Å². The molecule has 5 aromatic carbocycles. The molecule has 2 aromatic heterocycles. The molecule has 21 nitrogen and oxygen atoms in total. The molecule has 582 valence electrons. The number of alkyl halides is 1. The molecule has 3 N–H and O–H groups in total. The number of halogens is 3. The summed E-state index contributed by atoms with van der Waals surface area (Å²) in [6, 6.07) is 37.9. The number of fused-ring (bicyclic) bond motifs is 1. The molecule has 3 saturated heterocycles. The number of carbonyl (C=O) groups is 4. The van der Waals surface area contributed by atoms with E-state index in [0.29, 0.717) is 69.2 Å². The molecule has 0 bridgehead atoms. The summed E-state index contributed by atoms with van der Waals surface area (Å²) in [7, 11) is -1.33. The molecule has 3 aliphatic heterocycles. The number of aromatic amines is 2. The van der Waals surface area contributed by atoms with Gasteiger partial charge in [-0.15, -0.1) is 10.2 Å². The molecule has 5 heterocycles. The molecule has 3 atom stereocenters. The van der Waals surface area contributed by atoms with Crippen LogP contribution in [0.4, 0.5) is 0 Å². The maximum Gasteiger partial charge on any atom is 0.494 e. The number of carbonyl (C=O) groups excluding carboxylic acids is 3. The molecule has 0 saturated carbocycles. The Morgan fingerprint density at radius 3 is 1.40 bits per heavy atom. The average molecular weight is 1670 g/mol. The first-order valence-corrected chi connectivity index (χ1v) is 39.7. The van der Waals surface area contributed by atoms with E-state index in [-0.39, 0.29) is 87.2 Å². The van der Waals surface area contributed by atoms with Crippen LogP contribution >= 0.6 is 47.8 Å². The number of esters is 3. The third kappa shape index (κ3) is 26.6. The van der Waals surface area contributed by atoms with Crippen molar-refractivity contribution >= 4 is 109 Å². The zero-order valence-electron chi connectivity index (χ0n) is 66.2. The van der Waals surface area contributed by atoms with E-state index in [0.717, 1.165) is 73.2 Å². The van der Waals surface area contributed by atoms with Crippen LogP contribution in [0.25, 0.3) is 33.7 Å². The third-order valence-corrected chi connectivity index (χ3v) is 21.1. The van der Waals surface area contributed by atoms with Gasteiger partial charge in [-0.1, -0.05) is 154 Å². The Hall–Kier alpha value is -6.55. The molecule has 0 radical (unpaired) electrons. The van der Waals surface area contributed by atoms with E-state index in [2.05, 4.69) is 96.1 Å². The summed E-state index contributed by atoms with van der Waals surface area (Å²) in [5.41, 5.74) is 5.83. The molecule has 7 aromatic rings. The van der Waals surface area contributed by atoms with Gasteiger partial charge in [0.1, 0.15) is 11.6 Å². The van der Waals surface area contributed by atoms with E-state index in [1.165, 1.54) is 5.56 Å². The lowest BCUT2D eigenvalue weighted by Gasteiger charge is -2.32. The van der Waals surface area contributed by atoms with E-state index < -0.39 is 25.9 Å². The van der Waals surface area contributed by atoms with Crippen molar-refractivity contribution in [3.05, 3.63) is 157 Å². The van der Waals surface area contributed by atoms with Gasteiger partial charge in [0, 0.05) is 20.7 Å². The molecular formula is C80H111B3Br3N5O16. The zero-order chi connectivity index (χ0) is 79.7. The minimum absolute atomic E-state index is 0.0331. The Morgan fingerprint density at radius 1 is 0.514 bits per heavy atom. The van der Waals surface area contributed by atoms with Crippen molar-refractivity contribution in [1.82, 2.24) is 25.4 Å². The van der Waals surface area contributed by atoms with Crippen LogP contribution in [0.3, 0.4) is 0 Å². The summed E-state index contributed by atoms with van der Waals surface area (Å²) in [4.78, 5) is 64.9. The van der Waals surface area contributed by atoms with Crippen LogP contribution in [0, 0.1) is 17.8 Å². The number of aliphatic carboxylic acids is 1. The number of nitrogens with one attached hydrogen (secondary N) is 2. The van der Waals surface area contributed by atoms with E-state index in [9.17, 15) is 29.1 Å². The van der Waals surface area contributed by atoms with Gasteiger partial charge in [0.15, 0.2) is 5.52 Å². The van der Waals surface area contributed by atoms with E-state index in [4.69, 9.17) is 42.1 Å². The van der Waals surface area contributed by atoms with Gasteiger partial charge in [-0.3, -0.25) is 24.0 Å². The lowest BCUT2D eigenvalue weighted by molar-refractivity contribution is -0.149. The highest BCUT2D eigenvalue weighted by molar-refractivity contribution is 9.10. The second-order valence-corrected chi connectivity index (χ2v) is 31.4. The van der Waals surface area contributed by atoms with Gasteiger partial charge in [-0.25, -0.2) is 4.98 Å². The highest BCUT2D eigenvalue weighted by atomic mass is 79.9. The van der Waals surface area contributed by atoms with Crippen LogP contribution in [0.2, 0.25) is 0 Å². The molecule has 27 heteroatoms. The van der Waals surface area contributed by atoms with Gasteiger partial charge < -0.3 is 57.0 Å². The number of H-pyrrole nitrogens is 2. The van der Waals surface area contributed by atoms with Crippen LogP contribution in [-0.4, -0.2) is 136 Å². The number of hydrogen-bond acceptors (Lipinski definition) is 18. The number of hydrogen-bond donors (Lipinski definition) is 3. The fraction of sp³-hybridized carbons (Fsp3) is 0.525. The highest BCUT2D eigenvalue weighted by Crippen LogP contribution is 2.43. The third-order valence-electron chi connectivity index (χ3n) is 19.4. The fourth-order valence-corrected chi connectivity index (χ4v) is 12.3. The predicted octanol–water partition coefficient (Wildman–Crippen LogP) is 17.1. The fourth-order valence-electron chi connectivity index (χ4n) is 11.1. The second kappa shape index (κ2) is 42.0. The largest absolute Gasteiger partial charge is 0.494 e. The van der Waals surface area contributed by atoms with Gasteiger partial charge in [0.25, 0.3) is 5.56 Å². The van der Waals surface area contributed by atoms with Crippen LogP contribution in [0.15, 0.2) is 129 Å². The Bertz CT molecular complexity index is 3970. The summed E-state index contributed by atoms with van der Waals surface area (Å²) in [5, 5.41) is 20.4. The lowest BCUT2D eigenvalue weighted by atomic mass is 9.49. The minimum Gasteiger partial charge on any atom is -0.493 e. The van der Waals surface area contributed by atoms with Crippen molar-refractivity contribution in [2.45, 2.75) is 229 Å². The zero-order valence-corrected chi connectivity index (χ0v) is 70.9. The Balaban J connectivity index is 0.000000244. The summed E-state index contributed by atoms with van der Waals surface area (Å²) in [5.74, 6) is -0.744. The first-order valence-electron chi connectivity index (χ1n) is 37.0. The summed E-state index contributed by atoms with van der Waals surface area (Å²) >= 11 is 10.2. The average Bonchev–Trinajstić information content (AvgIpc) is 1.62. The normalized spacial score (nSPS) is 16.8. The molecule has 3 aliphatic rings. The van der Waals surface area contributed by atoms with Crippen molar-refractivity contribution in [1.29, 1.82) is 0 Å². The summed E-state index contributed by atoms with van der Waals surface area (Å²) < 4.78 is 59.0. The molecular weight excluding hydrogens is 1560 g/mol. The molecule has 0 amide bonds. The minimum atomic E-state index is -0.786. The number of carboxylic acids is 1. The molecule has 3 fully saturated rings. The van der Waals surface area contributed by atoms with Crippen molar-refractivity contribution in [3.63, 3.8) is 0 Å². The maximum absolute atomic E-state index is 12.3. The smallest absolute Gasteiger partial charge is 0.493 e. The van der Waals surface area contributed by atoms with Gasteiger partial charge in [0.2, 0.25) is 5.65 Å². The number of benzene rings is 5. The number of ether oxygens (including phenoxy) is 4.